The van der Waals surface area contributed by atoms with Crippen LogP contribution in [0.1, 0.15) is 10.4 Å². The van der Waals surface area contributed by atoms with E-state index in [9.17, 15) is 4.79 Å². The lowest BCUT2D eigenvalue weighted by molar-refractivity contribution is -0.113. The Balaban J connectivity index is 1.69. The average molecular weight is 494 g/mol. The number of nitrogens with zero attached hydrogens (tertiary/aromatic N) is 2. The quantitative estimate of drug-likeness (QED) is 0.279. The van der Waals surface area contributed by atoms with Crippen LogP contribution >= 0.6 is 38.9 Å². The monoisotopic (exact) mass is 492 g/mol. The molecule has 146 valence electrons. The van der Waals surface area contributed by atoms with E-state index < -0.39 is 0 Å². The van der Waals surface area contributed by atoms with Crippen molar-refractivity contribution >= 4 is 72.5 Å². The molecule has 0 atom stereocenters. The number of fused-ring (bicyclic) bond motifs is 1. The van der Waals surface area contributed by atoms with Gasteiger partial charge in [-0.15, -0.1) is 11.3 Å². The van der Waals surface area contributed by atoms with E-state index in [1.807, 2.05) is 84.9 Å². The van der Waals surface area contributed by atoms with Crippen molar-refractivity contribution < 1.29 is 4.79 Å². The summed E-state index contributed by atoms with van der Waals surface area (Å²) in [6, 6.07) is 25.3. The smallest absolute Gasteiger partial charge is 0.266 e. The molecule has 0 aliphatic carbocycles. The van der Waals surface area contributed by atoms with Gasteiger partial charge in [0.2, 0.25) is 0 Å². The summed E-state index contributed by atoms with van der Waals surface area (Å²) in [5.74, 6) is 0.375. The van der Waals surface area contributed by atoms with Crippen LogP contribution in [0.5, 0.6) is 0 Å². The second-order valence-corrected chi connectivity index (χ2v) is 9.08. The molecule has 0 saturated carbocycles. The van der Waals surface area contributed by atoms with Gasteiger partial charge in [-0.2, -0.15) is 0 Å². The highest BCUT2D eigenvalue weighted by Crippen LogP contribution is 2.39. The van der Waals surface area contributed by atoms with Crippen molar-refractivity contribution in [2.75, 3.05) is 4.90 Å². The molecule has 0 spiro atoms. The fourth-order valence-electron chi connectivity index (χ4n) is 3.36. The van der Waals surface area contributed by atoms with Crippen LogP contribution in [0.25, 0.3) is 16.2 Å². The van der Waals surface area contributed by atoms with Crippen LogP contribution in [0.4, 0.5) is 5.69 Å². The minimum Gasteiger partial charge on any atom is -0.266 e. The third kappa shape index (κ3) is 3.39. The molecular formula is C24H14BrClN2OS. The van der Waals surface area contributed by atoms with Gasteiger partial charge < -0.3 is 0 Å². The number of hydrogen-bond donors (Lipinski definition) is 0. The van der Waals surface area contributed by atoms with Crippen LogP contribution in [0, 0.1) is 0 Å². The summed E-state index contributed by atoms with van der Waals surface area (Å²) in [5.41, 5.74) is 2.05. The van der Waals surface area contributed by atoms with E-state index >= 15 is 0 Å². The first kappa shape index (κ1) is 19.2. The van der Waals surface area contributed by atoms with Crippen LogP contribution in [0.15, 0.2) is 94.0 Å². The van der Waals surface area contributed by atoms with Crippen molar-refractivity contribution in [3.8, 4) is 0 Å². The van der Waals surface area contributed by atoms with E-state index in [0.717, 1.165) is 30.7 Å². The van der Waals surface area contributed by atoms with Gasteiger partial charge in [-0.05, 0) is 42.0 Å². The Bertz CT molecular complexity index is 1330. The lowest BCUT2D eigenvalue weighted by atomic mass is 10.2. The van der Waals surface area contributed by atoms with Gasteiger partial charge in [0.05, 0.1) is 15.6 Å². The maximum Gasteiger partial charge on any atom is 0.282 e. The lowest BCUT2D eigenvalue weighted by Gasteiger charge is -2.18. The first-order valence-electron chi connectivity index (χ1n) is 9.25. The predicted octanol–water partition coefficient (Wildman–Crippen LogP) is 7.15. The number of amides is 1. The van der Waals surface area contributed by atoms with Gasteiger partial charge in [0.15, 0.2) is 5.84 Å². The van der Waals surface area contributed by atoms with Gasteiger partial charge in [0.1, 0.15) is 5.70 Å². The predicted molar refractivity (Wildman–Crippen MR) is 129 cm³/mol. The van der Waals surface area contributed by atoms with Crippen molar-refractivity contribution in [1.29, 1.82) is 0 Å². The van der Waals surface area contributed by atoms with Gasteiger partial charge in [0, 0.05) is 14.6 Å². The molecule has 1 aliphatic heterocycles. The highest BCUT2D eigenvalue weighted by atomic mass is 79.9. The molecule has 5 rings (SSSR count). The zero-order valence-electron chi connectivity index (χ0n) is 15.5. The van der Waals surface area contributed by atoms with Gasteiger partial charge in [-0.3, -0.25) is 9.69 Å². The van der Waals surface area contributed by atoms with Crippen LogP contribution in [-0.2, 0) is 4.79 Å². The maximum atomic E-state index is 13.4. The number of hydrogen-bond acceptors (Lipinski definition) is 3. The van der Waals surface area contributed by atoms with Gasteiger partial charge in [-0.25, -0.2) is 4.99 Å². The van der Waals surface area contributed by atoms with Crippen molar-refractivity contribution in [1.82, 2.24) is 0 Å². The number of aliphatic imine (C=N–C) groups is 1. The molecule has 1 aromatic heterocycles. The molecule has 0 unspecified atom stereocenters. The number of anilines is 1. The Morgan fingerprint density at radius 2 is 1.63 bits per heavy atom. The number of carbonyl (C=O) groups excluding carboxylic acids is 1. The first-order valence-corrected chi connectivity index (χ1v) is 11.2. The molecule has 3 aromatic carbocycles. The van der Waals surface area contributed by atoms with E-state index in [4.69, 9.17) is 16.6 Å². The van der Waals surface area contributed by atoms with Crippen molar-refractivity contribution in [3.05, 3.63) is 104 Å². The summed E-state index contributed by atoms with van der Waals surface area (Å²) >= 11 is 11.7. The Kier molecular flexibility index (Phi) is 5.03. The molecular weight excluding hydrogens is 480 g/mol. The summed E-state index contributed by atoms with van der Waals surface area (Å²) in [4.78, 5) is 20.6. The molecule has 0 radical (unpaired) electrons. The van der Waals surface area contributed by atoms with Gasteiger partial charge in [-0.1, -0.05) is 76.1 Å². The molecule has 2 heterocycles. The Morgan fingerprint density at radius 1 is 0.933 bits per heavy atom. The normalized spacial score (nSPS) is 15.3. The van der Waals surface area contributed by atoms with E-state index in [1.54, 1.807) is 4.90 Å². The Morgan fingerprint density at radius 3 is 2.37 bits per heavy atom. The van der Waals surface area contributed by atoms with Crippen LogP contribution in [0.2, 0.25) is 5.02 Å². The van der Waals surface area contributed by atoms with Crippen LogP contribution < -0.4 is 4.90 Å². The van der Waals surface area contributed by atoms with Crippen molar-refractivity contribution in [2.24, 2.45) is 4.99 Å². The van der Waals surface area contributed by atoms with Crippen molar-refractivity contribution in [2.45, 2.75) is 0 Å². The molecule has 30 heavy (non-hydrogen) atoms. The number of benzene rings is 3. The van der Waals surface area contributed by atoms with Gasteiger partial charge in [0.25, 0.3) is 5.91 Å². The maximum absolute atomic E-state index is 13.4. The molecule has 3 nitrogen and oxygen atoms in total. The minimum absolute atomic E-state index is 0.176. The zero-order chi connectivity index (χ0) is 20.7. The summed E-state index contributed by atoms with van der Waals surface area (Å²) in [7, 11) is 0. The molecule has 4 aromatic rings. The lowest BCUT2D eigenvalue weighted by Crippen LogP contribution is -2.32. The Labute approximate surface area is 191 Å². The summed E-state index contributed by atoms with van der Waals surface area (Å²) in [6.07, 6.45) is 1.81. The molecule has 0 N–H and O–H groups in total. The zero-order valence-corrected chi connectivity index (χ0v) is 18.7. The van der Waals surface area contributed by atoms with E-state index in [-0.39, 0.29) is 5.91 Å². The number of carbonyl (C=O) groups is 1. The molecule has 0 fully saturated rings. The molecule has 1 aliphatic rings. The number of amidine groups is 1. The highest BCUT2D eigenvalue weighted by Gasteiger charge is 2.34. The van der Waals surface area contributed by atoms with E-state index in [0.29, 0.717) is 16.6 Å². The first-order chi connectivity index (χ1) is 14.6. The van der Waals surface area contributed by atoms with E-state index in [2.05, 4.69) is 15.9 Å². The average Bonchev–Trinajstić information content (AvgIpc) is 3.27. The fraction of sp³-hybridized carbons (Fsp3) is 0. The largest absolute Gasteiger partial charge is 0.282 e. The number of rotatable bonds is 3. The Hall–Kier alpha value is -2.73. The van der Waals surface area contributed by atoms with Gasteiger partial charge >= 0.3 is 0 Å². The summed E-state index contributed by atoms with van der Waals surface area (Å²) in [5, 5.41) is 1.58. The summed E-state index contributed by atoms with van der Waals surface area (Å²) < 4.78 is 2.00. The topological polar surface area (TPSA) is 32.7 Å². The number of thiophene rings is 1. The molecule has 0 saturated heterocycles. The fourth-order valence-corrected chi connectivity index (χ4v) is 5.12. The highest BCUT2D eigenvalue weighted by molar-refractivity contribution is 9.10. The third-order valence-electron chi connectivity index (χ3n) is 4.79. The third-order valence-corrected chi connectivity index (χ3v) is 6.99. The second kappa shape index (κ2) is 7.84. The number of halogens is 2. The van der Waals surface area contributed by atoms with E-state index in [1.165, 1.54) is 11.3 Å². The standard InChI is InChI=1S/C24H14BrClN2OS/c25-16-10-12-17(13-11-16)28-23(22-21(26)18-8-4-5-9-20(18)30-22)27-19(24(28)29)14-15-6-2-1-3-7-15/h1-14H/b19-14+. The molecule has 6 heteroatoms. The minimum atomic E-state index is -0.176. The second-order valence-electron chi connectivity index (χ2n) is 6.73. The molecule has 1 amide bonds. The van der Waals surface area contributed by atoms with Crippen LogP contribution in [-0.4, -0.2) is 11.7 Å². The summed E-state index contributed by atoms with van der Waals surface area (Å²) in [6.45, 7) is 0. The van der Waals surface area contributed by atoms with Crippen molar-refractivity contribution in [3.63, 3.8) is 0 Å². The molecule has 0 bridgehead atoms. The SMILES string of the molecule is O=C1/C(=C\c2ccccc2)N=C(c2sc3ccccc3c2Cl)N1c1ccc(Br)cc1. The van der Waals surface area contributed by atoms with Crippen LogP contribution in [0.3, 0.4) is 0 Å².